The van der Waals surface area contributed by atoms with E-state index in [9.17, 15) is 9.59 Å². The van der Waals surface area contributed by atoms with Crippen molar-refractivity contribution in [1.82, 2.24) is 15.6 Å². The molecule has 0 atom stereocenters. The van der Waals surface area contributed by atoms with Crippen molar-refractivity contribution >= 4 is 45.6 Å². The number of benzene rings is 1. The van der Waals surface area contributed by atoms with Crippen LogP contribution in [0.15, 0.2) is 46.4 Å². The molecule has 9 heteroatoms. The molecular formula is C18H17ClN4O3S. The number of amides is 2. The zero-order chi connectivity index (χ0) is 19.2. The van der Waals surface area contributed by atoms with E-state index in [0.717, 1.165) is 11.3 Å². The summed E-state index contributed by atoms with van der Waals surface area (Å²) in [6.07, 6.45) is 1.53. The summed E-state index contributed by atoms with van der Waals surface area (Å²) in [6, 6.07) is 8.99. The van der Waals surface area contributed by atoms with Crippen LogP contribution in [-0.4, -0.2) is 23.3 Å². The summed E-state index contributed by atoms with van der Waals surface area (Å²) >= 11 is 7.29. The van der Waals surface area contributed by atoms with E-state index in [4.69, 9.17) is 16.0 Å². The normalized spacial score (nSPS) is 10.4. The van der Waals surface area contributed by atoms with Crippen LogP contribution < -0.4 is 16.0 Å². The van der Waals surface area contributed by atoms with Gasteiger partial charge in [-0.15, -0.1) is 11.3 Å². The van der Waals surface area contributed by atoms with Crippen molar-refractivity contribution < 1.29 is 14.0 Å². The monoisotopic (exact) mass is 404 g/mol. The molecule has 2 aromatic heterocycles. The van der Waals surface area contributed by atoms with Gasteiger partial charge in [0.05, 0.1) is 19.4 Å². The van der Waals surface area contributed by atoms with Crippen LogP contribution in [0.4, 0.5) is 10.8 Å². The van der Waals surface area contributed by atoms with E-state index in [1.807, 2.05) is 13.0 Å². The topological polar surface area (TPSA) is 96.3 Å². The van der Waals surface area contributed by atoms with Crippen molar-refractivity contribution in [3.63, 3.8) is 0 Å². The van der Waals surface area contributed by atoms with Gasteiger partial charge in [0.25, 0.3) is 5.91 Å². The van der Waals surface area contributed by atoms with Crippen LogP contribution in [0.1, 0.15) is 21.8 Å². The van der Waals surface area contributed by atoms with Gasteiger partial charge in [-0.2, -0.15) is 0 Å². The Morgan fingerprint density at radius 3 is 2.89 bits per heavy atom. The number of carbonyl (C=O) groups excluding carboxylic acids is 2. The third kappa shape index (κ3) is 5.32. The average Bonchev–Trinajstić information content (AvgIpc) is 3.33. The van der Waals surface area contributed by atoms with Crippen LogP contribution in [0.5, 0.6) is 0 Å². The smallest absolute Gasteiger partial charge is 0.271 e. The highest BCUT2D eigenvalue weighted by molar-refractivity contribution is 7.14. The van der Waals surface area contributed by atoms with Crippen molar-refractivity contribution in [2.45, 2.75) is 13.5 Å². The zero-order valence-electron chi connectivity index (χ0n) is 14.4. The van der Waals surface area contributed by atoms with E-state index < -0.39 is 5.91 Å². The number of rotatable bonds is 7. The van der Waals surface area contributed by atoms with Gasteiger partial charge in [-0.3, -0.25) is 9.59 Å². The van der Waals surface area contributed by atoms with E-state index in [-0.39, 0.29) is 24.7 Å². The standard InChI is InChI=1S/C18H17ClN4O3S/c1-11-4-5-12(19)7-14(11)22-18-23-15(10-27-18)17(25)21-9-16(24)20-8-13-3-2-6-26-13/h2-7,10H,8-9H2,1H3,(H,20,24)(H,21,25)(H,22,23). The molecule has 0 aliphatic rings. The van der Waals surface area contributed by atoms with E-state index in [0.29, 0.717) is 15.9 Å². The van der Waals surface area contributed by atoms with E-state index in [1.165, 1.54) is 17.6 Å². The fourth-order valence-corrected chi connectivity index (χ4v) is 3.07. The Bertz CT molecular complexity index is 940. The molecule has 0 aliphatic carbocycles. The first kappa shape index (κ1) is 18.9. The average molecular weight is 405 g/mol. The molecule has 7 nitrogen and oxygen atoms in total. The van der Waals surface area contributed by atoms with Crippen LogP contribution in [0.25, 0.3) is 0 Å². The minimum Gasteiger partial charge on any atom is -0.467 e. The summed E-state index contributed by atoms with van der Waals surface area (Å²) in [4.78, 5) is 28.2. The van der Waals surface area contributed by atoms with Crippen molar-refractivity contribution in [2.75, 3.05) is 11.9 Å². The Morgan fingerprint density at radius 1 is 1.26 bits per heavy atom. The van der Waals surface area contributed by atoms with Crippen LogP contribution in [-0.2, 0) is 11.3 Å². The molecule has 0 fully saturated rings. The number of nitrogens with one attached hydrogen (secondary N) is 3. The SMILES string of the molecule is Cc1ccc(Cl)cc1Nc1nc(C(=O)NCC(=O)NCc2ccco2)cs1. The molecule has 3 N–H and O–H groups in total. The quantitative estimate of drug-likeness (QED) is 0.560. The maximum absolute atomic E-state index is 12.2. The minimum absolute atomic E-state index is 0.146. The molecule has 0 bridgehead atoms. The second-order valence-corrected chi connectivity index (χ2v) is 6.96. The van der Waals surface area contributed by atoms with Crippen LogP contribution in [0, 0.1) is 6.92 Å². The van der Waals surface area contributed by atoms with E-state index in [2.05, 4.69) is 20.9 Å². The minimum atomic E-state index is -0.421. The van der Waals surface area contributed by atoms with Crippen molar-refractivity contribution in [2.24, 2.45) is 0 Å². The van der Waals surface area contributed by atoms with Gasteiger partial charge in [-0.1, -0.05) is 17.7 Å². The summed E-state index contributed by atoms with van der Waals surface area (Å²) in [7, 11) is 0. The van der Waals surface area contributed by atoms with Crippen LogP contribution >= 0.6 is 22.9 Å². The van der Waals surface area contributed by atoms with Gasteiger partial charge in [0.15, 0.2) is 5.13 Å². The molecule has 0 aliphatic heterocycles. The number of nitrogens with zero attached hydrogens (tertiary/aromatic N) is 1. The molecule has 0 saturated carbocycles. The molecule has 3 rings (SSSR count). The van der Waals surface area contributed by atoms with Crippen molar-refractivity contribution in [3.05, 3.63) is 64.0 Å². The molecule has 1 aromatic carbocycles. The van der Waals surface area contributed by atoms with Gasteiger partial charge < -0.3 is 20.4 Å². The Morgan fingerprint density at radius 2 is 2.11 bits per heavy atom. The molecule has 0 saturated heterocycles. The Kier molecular flexibility index (Phi) is 6.10. The van der Waals surface area contributed by atoms with Crippen LogP contribution in [0.3, 0.4) is 0 Å². The van der Waals surface area contributed by atoms with Gasteiger partial charge >= 0.3 is 0 Å². The first-order valence-electron chi connectivity index (χ1n) is 8.07. The maximum Gasteiger partial charge on any atom is 0.271 e. The number of furan rings is 1. The molecule has 2 amide bonds. The number of anilines is 2. The molecule has 3 aromatic rings. The van der Waals surface area contributed by atoms with Gasteiger partial charge in [0.2, 0.25) is 5.91 Å². The molecular weight excluding hydrogens is 388 g/mol. The molecule has 140 valence electrons. The number of aromatic nitrogens is 1. The lowest BCUT2D eigenvalue weighted by atomic mass is 10.2. The number of hydrogen-bond acceptors (Lipinski definition) is 6. The number of aryl methyl sites for hydroxylation is 1. The summed E-state index contributed by atoms with van der Waals surface area (Å²) in [5.41, 5.74) is 2.07. The van der Waals surface area contributed by atoms with Gasteiger partial charge in [0.1, 0.15) is 11.5 Å². The highest BCUT2D eigenvalue weighted by Gasteiger charge is 2.13. The first-order chi connectivity index (χ1) is 13.0. The zero-order valence-corrected chi connectivity index (χ0v) is 16.0. The fraction of sp³-hybridized carbons (Fsp3) is 0.167. The summed E-state index contributed by atoms with van der Waals surface area (Å²) in [5.74, 6) is -0.0978. The third-order valence-corrected chi connectivity index (χ3v) is 4.62. The van der Waals surface area contributed by atoms with E-state index >= 15 is 0 Å². The van der Waals surface area contributed by atoms with Gasteiger partial charge in [0, 0.05) is 16.1 Å². The summed E-state index contributed by atoms with van der Waals surface area (Å²) in [6.45, 7) is 2.07. The number of thiazole rings is 1. The van der Waals surface area contributed by atoms with Gasteiger partial charge in [-0.05, 0) is 36.8 Å². The predicted octanol–water partition coefficient (Wildman–Crippen LogP) is 3.49. The van der Waals surface area contributed by atoms with E-state index in [1.54, 1.807) is 29.6 Å². The lowest BCUT2D eigenvalue weighted by molar-refractivity contribution is -0.120. The number of halogens is 1. The molecule has 0 unspecified atom stereocenters. The summed E-state index contributed by atoms with van der Waals surface area (Å²) < 4.78 is 5.12. The third-order valence-electron chi connectivity index (χ3n) is 3.63. The number of hydrogen-bond donors (Lipinski definition) is 3. The molecule has 0 spiro atoms. The lowest BCUT2D eigenvalue weighted by Crippen LogP contribution is -2.36. The van der Waals surface area contributed by atoms with Crippen molar-refractivity contribution in [3.8, 4) is 0 Å². The highest BCUT2D eigenvalue weighted by atomic mass is 35.5. The van der Waals surface area contributed by atoms with Gasteiger partial charge in [-0.25, -0.2) is 4.98 Å². The van der Waals surface area contributed by atoms with Crippen molar-refractivity contribution in [1.29, 1.82) is 0 Å². The van der Waals surface area contributed by atoms with Crippen LogP contribution in [0.2, 0.25) is 5.02 Å². The Labute approximate surface area is 164 Å². The first-order valence-corrected chi connectivity index (χ1v) is 9.33. The largest absolute Gasteiger partial charge is 0.467 e. The predicted molar refractivity (Wildman–Crippen MR) is 104 cm³/mol. The lowest BCUT2D eigenvalue weighted by Gasteiger charge is -2.07. The molecule has 27 heavy (non-hydrogen) atoms. The summed E-state index contributed by atoms with van der Waals surface area (Å²) in [5, 5.41) is 11.1. The maximum atomic E-state index is 12.2. The molecule has 0 radical (unpaired) electrons. The Hall–Kier alpha value is -2.84. The Balaban J connectivity index is 1.50. The second kappa shape index (κ2) is 8.70. The highest BCUT2D eigenvalue weighted by Crippen LogP contribution is 2.26. The fourth-order valence-electron chi connectivity index (χ4n) is 2.19. The second-order valence-electron chi connectivity index (χ2n) is 5.66. The number of carbonyl (C=O) groups is 2. The molecule has 2 heterocycles.